The van der Waals surface area contributed by atoms with Gasteiger partial charge in [0.1, 0.15) is 30.0 Å². The number of ether oxygens (including phenoxy) is 2. The molecule has 2 heterocycles. The first-order chi connectivity index (χ1) is 17.8. The maximum absolute atomic E-state index is 10.0. The third-order valence-corrected chi connectivity index (χ3v) is 6.96. The molecule has 0 spiro atoms. The smallest absolute Gasteiger partial charge is 0.163 e. The molecule has 37 heavy (non-hydrogen) atoms. The Bertz CT molecular complexity index is 1200. The fourth-order valence-corrected chi connectivity index (χ4v) is 4.98. The molecule has 200 valence electrons. The second-order valence-corrected chi connectivity index (χ2v) is 9.82. The summed E-state index contributed by atoms with van der Waals surface area (Å²) in [4.78, 5) is 9.87. The highest BCUT2D eigenvalue weighted by Crippen LogP contribution is 2.37. The van der Waals surface area contributed by atoms with E-state index in [4.69, 9.17) is 35.6 Å². The lowest BCUT2D eigenvalue weighted by Gasteiger charge is -2.23. The van der Waals surface area contributed by atoms with Crippen LogP contribution in [0.4, 0.5) is 5.82 Å². The number of anilines is 1. The molecule has 1 fully saturated rings. The Morgan fingerprint density at radius 2 is 2.03 bits per heavy atom. The van der Waals surface area contributed by atoms with Gasteiger partial charge in [-0.05, 0) is 72.2 Å². The molecular formula is C27H36ClN5O4. The number of nitrogens with zero attached hydrogens (tertiary/aromatic N) is 3. The van der Waals surface area contributed by atoms with Crippen molar-refractivity contribution in [3.63, 3.8) is 0 Å². The van der Waals surface area contributed by atoms with Gasteiger partial charge in [0.2, 0.25) is 0 Å². The Hall–Kier alpha value is -2.72. The Labute approximate surface area is 222 Å². The first kappa shape index (κ1) is 27.3. The van der Waals surface area contributed by atoms with E-state index in [1.807, 2.05) is 27.7 Å². The monoisotopic (exact) mass is 529 g/mol. The number of aryl methyl sites for hydroxylation is 2. The van der Waals surface area contributed by atoms with Crippen LogP contribution in [0.2, 0.25) is 5.02 Å². The van der Waals surface area contributed by atoms with Gasteiger partial charge in [-0.25, -0.2) is 9.97 Å². The SMILES string of the molecule is CCOC1CCCC1Nc1nc(-c2cc(OCC(O)CNC)ccc2Cl)nc(-c2c(C)noc2C)c1C. The molecule has 3 atom stereocenters. The lowest BCUT2D eigenvalue weighted by Crippen LogP contribution is -2.31. The third kappa shape index (κ3) is 6.23. The van der Waals surface area contributed by atoms with Crippen LogP contribution in [-0.2, 0) is 4.74 Å². The van der Waals surface area contributed by atoms with Crippen molar-refractivity contribution in [2.24, 2.45) is 0 Å². The quantitative estimate of drug-likeness (QED) is 0.325. The van der Waals surface area contributed by atoms with Gasteiger partial charge in [0, 0.05) is 24.3 Å². The molecule has 4 rings (SSSR count). The molecule has 3 N–H and O–H groups in total. The predicted molar refractivity (Wildman–Crippen MR) is 144 cm³/mol. The van der Waals surface area contributed by atoms with Crippen LogP contribution in [0.1, 0.15) is 43.2 Å². The zero-order chi connectivity index (χ0) is 26.5. The van der Waals surface area contributed by atoms with Gasteiger partial charge in [-0.3, -0.25) is 0 Å². The molecule has 0 radical (unpaired) electrons. The first-order valence-electron chi connectivity index (χ1n) is 12.8. The Morgan fingerprint density at radius 3 is 2.73 bits per heavy atom. The van der Waals surface area contributed by atoms with Crippen LogP contribution in [-0.4, -0.2) is 65.3 Å². The number of hydrogen-bond acceptors (Lipinski definition) is 9. The molecule has 0 saturated heterocycles. The van der Waals surface area contributed by atoms with E-state index in [-0.39, 0.29) is 18.8 Å². The minimum atomic E-state index is -0.633. The van der Waals surface area contributed by atoms with Crippen LogP contribution in [0.5, 0.6) is 5.75 Å². The van der Waals surface area contributed by atoms with E-state index < -0.39 is 6.10 Å². The van der Waals surface area contributed by atoms with Gasteiger partial charge in [0.25, 0.3) is 0 Å². The lowest BCUT2D eigenvalue weighted by atomic mass is 10.0. The van der Waals surface area contributed by atoms with Gasteiger partial charge in [-0.15, -0.1) is 0 Å². The van der Waals surface area contributed by atoms with E-state index in [0.717, 1.165) is 47.6 Å². The number of aromatic nitrogens is 3. The number of benzene rings is 1. The minimum Gasteiger partial charge on any atom is -0.491 e. The summed E-state index contributed by atoms with van der Waals surface area (Å²) in [6, 6.07) is 5.48. The number of halogens is 1. The maximum Gasteiger partial charge on any atom is 0.163 e. The maximum atomic E-state index is 10.0. The summed E-state index contributed by atoms with van der Waals surface area (Å²) in [5.41, 5.74) is 3.87. The van der Waals surface area contributed by atoms with Gasteiger partial charge >= 0.3 is 0 Å². The standard InChI is InChI=1S/C27H36ClN5O4/c1-6-35-23-9-7-8-22(23)30-26-15(2)25(24-16(3)33-37-17(24)4)31-27(32-26)20-12-19(10-11-21(20)28)36-14-18(34)13-29-5/h10-12,18,22-23,29,34H,6-9,13-14H2,1-5H3,(H,30,31,32). The van der Waals surface area contributed by atoms with Gasteiger partial charge in [-0.1, -0.05) is 16.8 Å². The van der Waals surface area contributed by atoms with Gasteiger partial charge < -0.3 is 29.7 Å². The van der Waals surface area contributed by atoms with Gasteiger partial charge in [0.15, 0.2) is 5.82 Å². The normalized spacial score (nSPS) is 18.2. The highest BCUT2D eigenvalue weighted by Gasteiger charge is 2.30. The van der Waals surface area contributed by atoms with Crippen molar-refractivity contribution in [1.82, 2.24) is 20.4 Å². The number of nitrogens with one attached hydrogen (secondary N) is 2. The van der Waals surface area contributed by atoms with E-state index in [9.17, 15) is 5.11 Å². The molecule has 0 amide bonds. The third-order valence-electron chi connectivity index (χ3n) is 6.63. The summed E-state index contributed by atoms with van der Waals surface area (Å²) in [5.74, 6) is 2.44. The lowest BCUT2D eigenvalue weighted by molar-refractivity contribution is 0.0615. The van der Waals surface area contributed by atoms with Crippen molar-refractivity contribution in [2.45, 2.75) is 65.2 Å². The van der Waals surface area contributed by atoms with Crippen LogP contribution in [0, 0.1) is 20.8 Å². The van der Waals surface area contributed by atoms with Crippen LogP contribution in [0.15, 0.2) is 22.7 Å². The molecule has 1 aliphatic rings. The summed E-state index contributed by atoms with van der Waals surface area (Å²) in [6.07, 6.45) is 2.62. The molecular weight excluding hydrogens is 494 g/mol. The van der Waals surface area contributed by atoms with Crippen LogP contribution in [0.25, 0.3) is 22.6 Å². The molecule has 0 bridgehead atoms. The minimum absolute atomic E-state index is 0.134. The Kier molecular flexibility index (Phi) is 9.02. The molecule has 10 heteroatoms. The van der Waals surface area contributed by atoms with Gasteiger partial charge in [0.05, 0.1) is 34.1 Å². The van der Waals surface area contributed by atoms with Crippen molar-refractivity contribution < 1.29 is 19.1 Å². The van der Waals surface area contributed by atoms with Crippen LogP contribution in [0.3, 0.4) is 0 Å². The van der Waals surface area contributed by atoms with Gasteiger partial charge in [-0.2, -0.15) is 0 Å². The van der Waals surface area contributed by atoms with E-state index in [1.54, 1.807) is 25.2 Å². The fourth-order valence-electron chi connectivity index (χ4n) is 4.77. The highest BCUT2D eigenvalue weighted by molar-refractivity contribution is 6.33. The largest absolute Gasteiger partial charge is 0.491 e. The average Bonchev–Trinajstić information content (AvgIpc) is 3.45. The zero-order valence-corrected chi connectivity index (χ0v) is 22.9. The Morgan fingerprint density at radius 1 is 1.22 bits per heavy atom. The number of hydrogen-bond donors (Lipinski definition) is 3. The highest BCUT2D eigenvalue weighted by atomic mass is 35.5. The van der Waals surface area contributed by atoms with E-state index >= 15 is 0 Å². The number of rotatable bonds is 11. The number of aliphatic hydroxyl groups excluding tert-OH is 1. The molecule has 9 nitrogen and oxygen atoms in total. The molecule has 2 aromatic heterocycles. The topological polar surface area (TPSA) is 115 Å². The summed E-state index contributed by atoms with van der Waals surface area (Å²) in [6.45, 7) is 9.06. The summed E-state index contributed by atoms with van der Waals surface area (Å²) >= 11 is 6.64. The van der Waals surface area contributed by atoms with Crippen LogP contribution >= 0.6 is 11.6 Å². The summed E-state index contributed by atoms with van der Waals surface area (Å²) in [5, 5.41) is 21.2. The van der Waals surface area contributed by atoms with Crippen LogP contribution < -0.4 is 15.4 Å². The number of aliphatic hydroxyl groups is 1. The average molecular weight is 530 g/mol. The molecule has 3 unspecified atom stereocenters. The van der Waals surface area contributed by atoms with Crippen molar-refractivity contribution in [3.8, 4) is 28.4 Å². The summed E-state index contributed by atoms with van der Waals surface area (Å²) in [7, 11) is 1.78. The molecule has 1 saturated carbocycles. The Balaban J connectivity index is 1.76. The van der Waals surface area contributed by atoms with Crippen molar-refractivity contribution >= 4 is 17.4 Å². The number of likely N-dealkylation sites (N-methyl/N-ethyl adjacent to an activating group) is 1. The van der Waals surface area contributed by atoms with E-state index in [2.05, 4.69) is 15.8 Å². The predicted octanol–water partition coefficient (Wildman–Crippen LogP) is 4.71. The van der Waals surface area contributed by atoms with E-state index in [0.29, 0.717) is 41.1 Å². The summed E-state index contributed by atoms with van der Waals surface area (Å²) < 4.78 is 17.3. The second-order valence-electron chi connectivity index (χ2n) is 9.41. The fraction of sp³-hybridized carbons (Fsp3) is 0.519. The van der Waals surface area contributed by atoms with Crippen molar-refractivity contribution in [3.05, 3.63) is 40.2 Å². The second kappa shape index (κ2) is 12.2. The van der Waals surface area contributed by atoms with E-state index in [1.165, 1.54) is 0 Å². The molecule has 1 aliphatic carbocycles. The molecule has 3 aromatic rings. The van der Waals surface area contributed by atoms with Crippen molar-refractivity contribution in [2.75, 3.05) is 32.1 Å². The molecule has 0 aliphatic heterocycles. The first-order valence-corrected chi connectivity index (χ1v) is 13.2. The molecule has 1 aromatic carbocycles. The van der Waals surface area contributed by atoms with Crippen molar-refractivity contribution in [1.29, 1.82) is 0 Å². The zero-order valence-electron chi connectivity index (χ0n) is 22.1.